The molecular formula is C21H20F3N3O6. The predicted molar refractivity (Wildman–Crippen MR) is 111 cm³/mol. The van der Waals surface area contributed by atoms with Gasteiger partial charge in [0.15, 0.2) is 0 Å². The van der Waals surface area contributed by atoms with Crippen LogP contribution in [0.3, 0.4) is 0 Å². The summed E-state index contributed by atoms with van der Waals surface area (Å²) in [6.07, 6.45) is -5.01. The van der Waals surface area contributed by atoms with Crippen LogP contribution in [-0.2, 0) is 16.1 Å². The molecule has 0 unspecified atom stereocenters. The summed E-state index contributed by atoms with van der Waals surface area (Å²) in [5.41, 5.74) is -0.381. The third-order valence-electron chi connectivity index (χ3n) is 4.37. The van der Waals surface area contributed by atoms with Crippen LogP contribution in [0.4, 0.5) is 24.5 Å². The van der Waals surface area contributed by atoms with Crippen molar-refractivity contribution in [2.24, 2.45) is 0 Å². The number of nitro benzene ring substituents is 1. The van der Waals surface area contributed by atoms with E-state index >= 15 is 0 Å². The van der Waals surface area contributed by atoms with E-state index in [1.165, 1.54) is 31.2 Å². The van der Waals surface area contributed by atoms with Crippen molar-refractivity contribution in [2.45, 2.75) is 26.6 Å². The number of nitro groups is 1. The number of amides is 2. The molecule has 9 nitrogen and oxygen atoms in total. The van der Waals surface area contributed by atoms with Gasteiger partial charge in [-0.2, -0.15) is 13.2 Å². The number of hydrogen-bond donors (Lipinski definition) is 1. The van der Waals surface area contributed by atoms with Crippen molar-refractivity contribution in [2.75, 3.05) is 18.5 Å². The summed E-state index contributed by atoms with van der Waals surface area (Å²) in [6, 6.07) is 8.85. The molecule has 2 aromatic carbocycles. The third-order valence-corrected chi connectivity index (χ3v) is 4.37. The van der Waals surface area contributed by atoms with Crippen LogP contribution < -0.4 is 5.32 Å². The molecule has 12 heteroatoms. The van der Waals surface area contributed by atoms with Gasteiger partial charge in [0.2, 0.25) is 0 Å². The number of esters is 1. The molecule has 2 amide bonds. The number of alkyl halides is 3. The SMILES string of the molecule is CCOC(=O)c1cc(C(=O)Nc2cccc(CN(CC)C(=O)C(F)(F)F)c2)cc([N+](=O)[O-])c1. The summed E-state index contributed by atoms with van der Waals surface area (Å²) >= 11 is 0. The van der Waals surface area contributed by atoms with Crippen molar-refractivity contribution < 1.29 is 37.2 Å². The highest BCUT2D eigenvalue weighted by Crippen LogP contribution is 2.22. The highest BCUT2D eigenvalue weighted by atomic mass is 19.4. The lowest BCUT2D eigenvalue weighted by Crippen LogP contribution is -2.40. The van der Waals surface area contributed by atoms with E-state index in [1.54, 1.807) is 6.92 Å². The Labute approximate surface area is 186 Å². The Morgan fingerprint density at radius 2 is 1.76 bits per heavy atom. The molecule has 0 aliphatic rings. The molecule has 2 aromatic rings. The first-order valence-electron chi connectivity index (χ1n) is 9.69. The van der Waals surface area contributed by atoms with Crippen molar-refractivity contribution in [1.82, 2.24) is 4.90 Å². The summed E-state index contributed by atoms with van der Waals surface area (Å²) in [4.78, 5) is 47.1. The Hall–Kier alpha value is -3.96. The number of anilines is 1. The van der Waals surface area contributed by atoms with Crippen LogP contribution in [0.5, 0.6) is 0 Å². The van der Waals surface area contributed by atoms with E-state index in [-0.39, 0.29) is 36.5 Å². The summed E-state index contributed by atoms with van der Waals surface area (Å²) < 4.78 is 43.0. The van der Waals surface area contributed by atoms with Gasteiger partial charge in [0.25, 0.3) is 11.6 Å². The fourth-order valence-corrected chi connectivity index (χ4v) is 2.86. The Balaban J connectivity index is 2.26. The topological polar surface area (TPSA) is 119 Å². The van der Waals surface area contributed by atoms with Crippen LogP contribution in [-0.4, -0.2) is 46.9 Å². The first-order valence-corrected chi connectivity index (χ1v) is 9.69. The minimum atomic E-state index is -5.01. The second kappa shape index (κ2) is 10.6. The number of halogens is 3. The van der Waals surface area contributed by atoms with E-state index in [4.69, 9.17) is 4.74 Å². The zero-order valence-corrected chi connectivity index (χ0v) is 17.6. The number of hydrogen-bond acceptors (Lipinski definition) is 6. The molecule has 2 rings (SSSR count). The van der Waals surface area contributed by atoms with Crippen LogP contribution in [0.25, 0.3) is 0 Å². The Morgan fingerprint density at radius 1 is 1.09 bits per heavy atom. The Bertz CT molecular complexity index is 1070. The van der Waals surface area contributed by atoms with Gasteiger partial charge in [-0.05, 0) is 37.6 Å². The van der Waals surface area contributed by atoms with Gasteiger partial charge in [-0.1, -0.05) is 12.1 Å². The van der Waals surface area contributed by atoms with Crippen LogP contribution in [0.1, 0.15) is 40.1 Å². The van der Waals surface area contributed by atoms with Gasteiger partial charge < -0.3 is 15.0 Å². The first kappa shape index (κ1) is 25.3. The number of ether oxygens (including phenoxy) is 1. The van der Waals surface area contributed by atoms with Gasteiger partial charge in [0.05, 0.1) is 17.1 Å². The summed E-state index contributed by atoms with van der Waals surface area (Å²) in [7, 11) is 0. The average molecular weight is 467 g/mol. The molecule has 0 spiro atoms. The second-order valence-corrected chi connectivity index (χ2v) is 6.72. The molecular weight excluding hydrogens is 447 g/mol. The lowest BCUT2D eigenvalue weighted by molar-refractivity contribution is -0.384. The molecule has 1 N–H and O–H groups in total. The van der Waals surface area contributed by atoms with Crippen molar-refractivity contribution in [3.8, 4) is 0 Å². The van der Waals surface area contributed by atoms with E-state index in [0.29, 0.717) is 10.5 Å². The third kappa shape index (κ3) is 6.76. The van der Waals surface area contributed by atoms with E-state index in [9.17, 15) is 37.7 Å². The minimum Gasteiger partial charge on any atom is -0.462 e. The first-order chi connectivity index (χ1) is 15.5. The lowest BCUT2D eigenvalue weighted by atomic mass is 10.1. The molecule has 0 atom stereocenters. The molecule has 0 saturated carbocycles. The quantitative estimate of drug-likeness (QED) is 0.357. The van der Waals surface area contributed by atoms with Crippen LogP contribution in [0.2, 0.25) is 0 Å². The van der Waals surface area contributed by atoms with Crippen molar-refractivity contribution in [1.29, 1.82) is 0 Å². The van der Waals surface area contributed by atoms with E-state index in [2.05, 4.69) is 5.32 Å². The van der Waals surface area contributed by atoms with Gasteiger partial charge in [-0.15, -0.1) is 0 Å². The standard InChI is InChI=1S/C21H20F3N3O6/c1-3-26(20(30)21(22,23)24)12-13-6-5-7-16(8-13)25-18(28)14-9-15(19(29)33-4-2)11-17(10-14)27(31)32/h5-11H,3-4,12H2,1-2H3,(H,25,28). The molecule has 0 saturated heterocycles. The molecule has 0 aromatic heterocycles. The Morgan fingerprint density at radius 3 is 2.33 bits per heavy atom. The van der Waals surface area contributed by atoms with Crippen molar-refractivity contribution in [3.63, 3.8) is 0 Å². The number of carbonyl (C=O) groups excluding carboxylic acids is 3. The number of nitrogens with one attached hydrogen (secondary N) is 1. The molecule has 0 heterocycles. The number of benzene rings is 2. The fourth-order valence-electron chi connectivity index (χ4n) is 2.86. The normalized spacial score (nSPS) is 10.9. The van der Waals surface area contributed by atoms with Crippen molar-refractivity contribution >= 4 is 29.2 Å². The van der Waals surface area contributed by atoms with E-state index in [0.717, 1.165) is 18.2 Å². The average Bonchev–Trinajstić information content (AvgIpc) is 2.76. The molecule has 0 fully saturated rings. The maximum absolute atomic E-state index is 12.7. The summed E-state index contributed by atoms with van der Waals surface area (Å²) in [6.45, 7) is 2.46. The highest BCUT2D eigenvalue weighted by molar-refractivity contribution is 6.06. The van der Waals surface area contributed by atoms with E-state index in [1.807, 2.05) is 0 Å². The van der Waals surface area contributed by atoms with Gasteiger partial charge in [0, 0.05) is 36.5 Å². The summed E-state index contributed by atoms with van der Waals surface area (Å²) in [5.74, 6) is -3.62. The van der Waals surface area contributed by atoms with Gasteiger partial charge in [-0.3, -0.25) is 19.7 Å². The number of nitrogens with zero attached hydrogens (tertiary/aromatic N) is 2. The molecule has 33 heavy (non-hydrogen) atoms. The molecule has 0 bridgehead atoms. The smallest absolute Gasteiger partial charge is 0.462 e. The van der Waals surface area contributed by atoms with E-state index < -0.39 is 34.6 Å². The van der Waals surface area contributed by atoms with Gasteiger partial charge in [-0.25, -0.2) is 4.79 Å². The van der Waals surface area contributed by atoms with Crippen LogP contribution >= 0.6 is 0 Å². The number of non-ortho nitro benzene ring substituents is 1. The number of carbonyl (C=O) groups is 3. The molecule has 0 aliphatic heterocycles. The summed E-state index contributed by atoms with van der Waals surface area (Å²) in [5, 5.41) is 13.7. The second-order valence-electron chi connectivity index (χ2n) is 6.72. The molecule has 0 radical (unpaired) electrons. The highest BCUT2D eigenvalue weighted by Gasteiger charge is 2.41. The zero-order valence-electron chi connectivity index (χ0n) is 17.6. The van der Waals surface area contributed by atoms with Gasteiger partial charge in [0.1, 0.15) is 0 Å². The number of rotatable bonds is 8. The van der Waals surface area contributed by atoms with Crippen LogP contribution in [0, 0.1) is 10.1 Å². The largest absolute Gasteiger partial charge is 0.471 e. The lowest BCUT2D eigenvalue weighted by Gasteiger charge is -2.22. The molecule has 176 valence electrons. The maximum atomic E-state index is 12.7. The minimum absolute atomic E-state index is 0.0292. The zero-order chi connectivity index (χ0) is 24.8. The fraction of sp³-hybridized carbons (Fsp3) is 0.286. The molecule has 0 aliphatic carbocycles. The predicted octanol–water partition coefficient (Wildman–Crippen LogP) is 3.93. The van der Waals surface area contributed by atoms with Crippen molar-refractivity contribution in [3.05, 3.63) is 69.3 Å². The van der Waals surface area contributed by atoms with Crippen LogP contribution in [0.15, 0.2) is 42.5 Å². The monoisotopic (exact) mass is 467 g/mol. The Kier molecular flexibility index (Phi) is 8.10. The maximum Gasteiger partial charge on any atom is 0.471 e. The van der Waals surface area contributed by atoms with Gasteiger partial charge >= 0.3 is 18.1 Å².